The summed E-state index contributed by atoms with van der Waals surface area (Å²) in [5, 5.41) is 14.5. The normalized spacial score (nSPS) is 13.1. The van der Waals surface area contributed by atoms with E-state index in [1.807, 2.05) is 37.2 Å². The van der Waals surface area contributed by atoms with Crippen molar-refractivity contribution in [1.29, 1.82) is 0 Å². The highest BCUT2D eigenvalue weighted by Crippen LogP contribution is 2.32. The van der Waals surface area contributed by atoms with Gasteiger partial charge in [0.15, 0.2) is 0 Å². The molecule has 40 heavy (non-hydrogen) atoms. The van der Waals surface area contributed by atoms with Crippen molar-refractivity contribution >= 4 is 34.2 Å². The predicted molar refractivity (Wildman–Crippen MR) is 162 cm³/mol. The van der Waals surface area contributed by atoms with Crippen molar-refractivity contribution in [2.45, 2.75) is 38.5 Å². The first-order valence-corrected chi connectivity index (χ1v) is 14.6. The van der Waals surface area contributed by atoms with Gasteiger partial charge in [0.05, 0.1) is 12.1 Å². The fraction of sp³-hybridized carbons (Fsp3) is 0.567. The number of benzene rings is 2. The minimum absolute atomic E-state index is 0.165. The van der Waals surface area contributed by atoms with Gasteiger partial charge in [-0.1, -0.05) is 12.1 Å². The van der Waals surface area contributed by atoms with Crippen molar-refractivity contribution in [3.05, 3.63) is 41.5 Å². The topological polar surface area (TPSA) is 132 Å². The smallest absolute Gasteiger partial charge is 0.261 e. The summed E-state index contributed by atoms with van der Waals surface area (Å²) in [5.41, 5.74) is 7.01. The van der Waals surface area contributed by atoms with Crippen molar-refractivity contribution in [1.82, 2.24) is 25.8 Å². The van der Waals surface area contributed by atoms with E-state index in [1.165, 1.54) is 11.3 Å². The van der Waals surface area contributed by atoms with Gasteiger partial charge in [0.1, 0.15) is 0 Å². The van der Waals surface area contributed by atoms with E-state index in [9.17, 15) is 14.4 Å². The maximum absolute atomic E-state index is 13.2. The molecule has 0 fully saturated rings. The Labute approximate surface area is 238 Å². The van der Waals surface area contributed by atoms with E-state index in [0.29, 0.717) is 35.3 Å². The molecule has 0 saturated heterocycles. The highest BCUT2D eigenvalue weighted by atomic mass is 16.2. The standard InChI is InChI=1S/C30H47N7O3/c1-36(2)18-19-37-29(39)25-11-9-10-23-20-24(21-26(28(23)25)30(37)40)35-27(38)22-34-17-8-7-16-33-15-6-5-14-32-13-4-3-12-31/h9-11,20-21,32-34H,3-8,12-19,22,31H2,1-2H3,(H,35,38). The molecule has 220 valence electrons. The van der Waals surface area contributed by atoms with Crippen molar-refractivity contribution < 1.29 is 14.4 Å². The van der Waals surface area contributed by atoms with Gasteiger partial charge < -0.3 is 31.9 Å². The van der Waals surface area contributed by atoms with Gasteiger partial charge in [-0.05, 0) is 115 Å². The van der Waals surface area contributed by atoms with E-state index in [0.717, 1.165) is 76.8 Å². The monoisotopic (exact) mass is 553 g/mol. The quantitative estimate of drug-likeness (QED) is 0.124. The Morgan fingerprint density at radius 3 is 2.05 bits per heavy atom. The number of hydrogen-bond donors (Lipinski definition) is 5. The molecular weight excluding hydrogens is 506 g/mol. The predicted octanol–water partition coefficient (Wildman–Crippen LogP) is 2.00. The molecule has 0 atom stereocenters. The van der Waals surface area contributed by atoms with Crippen molar-refractivity contribution in [2.24, 2.45) is 5.73 Å². The van der Waals surface area contributed by atoms with Crippen LogP contribution in [0.15, 0.2) is 30.3 Å². The number of carbonyl (C=O) groups excluding carboxylic acids is 3. The van der Waals surface area contributed by atoms with E-state index >= 15 is 0 Å². The number of unbranched alkanes of at least 4 members (excludes halogenated alkanes) is 3. The van der Waals surface area contributed by atoms with Crippen LogP contribution in [0, 0.1) is 0 Å². The van der Waals surface area contributed by atoms with E-state index < -0.39 is 0 Å². The zero-order valence-electron chi connectivity index (χ0n) is 24.2. The SMILES string of the molecule is CN(C)CCN1C(=O)c2cccc3cc(NC(=O)CNCCCCNCCCCNCCCCN)cc(c23)C1=O. The number of imide groups is 1. The molecule has 1 heterocycles. The minimum Gasteiger partial charge on any atom is -0.330 e. The van der Waals surface area contributed by atoms with E-state index in [1.54, 1.807) is 12.1 Å². The third-order valence-corrected chi connectivity index (χ3v) is 6.99. The fourth-order valence-electron chi connectivity index (χ4n) is 4.78. The van der Waals surface area contributed by atoms with Crippen LogP contribution < -0.4 is 27.0 Å². The van der Waals surface area contributed by atoms with Crippen LogP contribution in [0.5, 0.6) is 0 Å². The third kappa shape index (κ3) is 9.64. The highest BCUT2D eigenvalue weighted by molar-refractivity contribution is 6.26. The fourth-order valence-corrected chi connectivity index (χ4v) is 4.78. The zero-order chi connectivity index (χ0) is 28.7. The second-order valence-corrected chi connectivity index (χ2v) is 10.6. The molecule has 10 heteroatoms. The number of nitrogens with one attached hydrogen (secondary N) is 4. The van der Waals surface area contributed by atoms with Crippen LogP contribution in [0.25, 0.3) is 10.8 Å². The second-order valence-electron chi connectivity index (χ2n) is 10.6. The summed E-state index contributed by atoms with van der Waals surface area (Å²) in [5.74, 6) is -0.766. The number of carbonyl (C=O) groups is 3. The maximum Gasteiger partial charge on any atom is 0.261 e. The Balaban J connectivity index is 1.36. The number of rotatable bonds is 20. The maximum atomic E-state index is 13.2. The molecule has 10 nitrogen and oxygen atoms in total. The van der Waals surface area contributed by atoms with Crippen LogP contribution in [0.2, 0.25) is 0 Å². The molecule has 0 unspecified atom stereocenters. The Morgan fingerprint density at radius 1 is 0.825 bits per heavy atom. The Hall–Kier alpha value is -2.89. The summed E-state index contributed by atoms with van der Waals surface area (Å²) < 4.78 is 0. The van der Waals surface area contributed by atoms with Crippen LogP contribution in [0.4, 0.5) is 5.69 Å². The molecule has 0 saturated carbocycles. The average Bonchev–Trinajstić information content (AvgIpc) is 2.93. The molecule has 0 bridgehead atoms. The van der Waals surface area contributed by atoms with Gasteiger partial charge in [-0.2, -0.15) is 0 Å². The van der Waals surface area contributed by atoms with Gasteiger partial charge in [0.2, 0.25) is 5.91 Å². The summed E-state index contributed by atoms with van der Waals surface area (Å²) in [7, 11) is 3.81. The van der Waals surface area contributed by atoms with Crippen LogP contribution in [0.1, 0.15) is 59.2 Å². The number of hydrogen-bond acceptors (Lipinski definition) is 8. The first kappa shape index (κ1) is 31.6. The summed E-state index contributed by atoms with van der Waals surface area (Å²) in [6, 6.07) is 8.93. The van der Waals surface area contributed by atoms with Crippen LogP contribution >= 0.6 is 0 Å². The summed E-state index contributed by atoms with van der Waals surface area (Å²) >= 11 is 0. The van der Waals surface area contributed by atoms with Crippen molar-refractivity contribution in [3.63, 3.8) is 0 Å². The lowest BCUT2D eigenvalue weighted by molar-refractivity contribution is -0.115. The molecule has 2 aromatic rings. The zero-order valence-corrected chi connectivity index (χ0v) is 24.2. The van der Waals surface area contributed by atoms with Crippen molar-refractivity contribution in [2.75, 3.05) is 78.3 Å². The number of likely N-dealkylation sites (N-methyl/N-ethyl adjacent to an activating group) is 1. The van der Waals surface area contributed by atoms with Gasteiger partial charge >= 0.3 is 0 Å². The molecule has 1 aliphatic heterocycles. The lowest BCUT2D eigenvalue weighted by atomic mass is 9.93. The summed E-state index contributed by atoms with van der Waals surface area (Å²) in [6.45, 7) is 6.73. The van der Waals surface area contributed by atoms with E-state index in [-0.39, 0.29) is 24.3 Å². The van der Waals surface area contributed by atoms with Crippen LogP contribution in [-0.4, -0.2) is 101 Å². The first-order chi connectivity index (χ1) is 19.4. The van der Waals surface area contributed by atoms with Crippen LogP contribution in [0.3, 0.4) is 0 Å². The lowest BCUT2D eigenvalue weighted by Crippen LogP contribution is -2.43. The molecule has 3 amide bonds. The highest BCUT2D eigenvalue weighted by Gasteiger charge is 2.33. The number of anilines is 1. The van der Waals surface area contributed by atoms with Crippen LogP contribution in [-0.2, 0) is 4.79 Å². The molecule has 3 rings (SSSR count). The first-order valence-electron chi connectivity index (χ1n) is 14.6. The van der Waals surface area contributed by atoms with Gasteiger partial charge in [0.25, 0.3) is 11.8 Å². The molecule has 6 N–H and O–H groups in total. The Morgan fingerprint density at radius 2 is 1.43 bits per heavy atom. The number of amides is 3. The largest absolute Gasteiger partial charge is 0.330 e. The average molecular weight is 554 g/mol. The van der Waals surface area contributed by atoms with E-state index in [2.05, 4.69) is 21.3 Å². The molecule has 0 aromatic heterocycles. The Kier molecular flexibility index (Phi) is 13.5. The van der Waals surface area contributed by atoms with Gasteiger partial charge in [-0.15, -0.1) is 0 Å². The second kappa shape index (κ2) is 17.0. The molecule has 2 aromatic carbocycles. The number of nitrogens with zero attached hydrogens (tertiary/aromatic N) is 2. The van der Waals surface area contributed by atoms with Gasteiger partial charge in [-0.3, -0.25) is 19.3 Å². The van der Waals surface area contributed by atoms with E-state index in [4.69, 9.17) is 5.73 Å². The van der Waals surface area contributed by atoms with Gasteiger partial charge in [0, 0.05) is 29.7 Å². The molecule has 1 aliphatic rings. The Bertz CT molecular complexity index is 1120. The lowest BCUT2D eigenvalue weighted by Gasteiger charge is -2.28. The molecule has 0 aliphatic carbocycles. The minimum atomic E-state index is -0.326. The van der Waals surface area contributed by atoms with Gasteiger partial charge in [-0.25, -0.2) is 0 Å². The third-order valence-electron chi connectivity index (χ3n) is 6.99. The summed E-state index contributed by atoms with van der Waals surface area (Å²) in [4.78, 5) is 42.1. The molecule has 0 radical (unpaired) electrons. The van der Waals surface area contributed by atoms with Crippen molar-refractivity contribution in [3.8, 4) is 0 Å². The summed E-state index contributed by atoms with van der Waals surface area (Å²) in [6.07, 6.45) is 6.60. The molecule has 0 spiro atoms. The molecular formula is C30H47N7O3. The number of nitrogens with two attached hydrogens (primary N) is 1.